The molecule has 0 aliphatic heterocycles. The fourth-order valence-electron chi connectivity index (χ4n) is 0.753. The number of unbranched alkanes of at least 4 members (excludes halogenated alkanes) is 1. The maximum atomic E-state index is 10.6. The maximum Gasteiger partial charge on any atom is 0.208 e. The minimum absolute atomic E-state index is 0.0294. The van der Waals surface area contributed by atoms with Gasteiger partial charge in [0.05, 0.1) is 19.5 Å². The Hall–Kier alpha value is -0.170. The van der Waals surface area contributed by atoms with E-state index in [0.29, 0.717) is 19.8 Å². The SMILES string of the molecule is CS(=O)(=O)NCCCCOCCO. The first kappa shape index (κ1) is 12.8. The summed E-state index contributed by atoms with van der Waals surface area (Å²) in [5, 5.41) is 8.36. The van der Waals surface area contributed by atoms with Crippen LogP contribution >= 0.6 is 0 Å². The molecule has 0 radical (unpaired) electrons. The second kappa shape index (κ2) is 7.25. The highest BCUT2D eigenvalue weighted by atomic mass is 32.2. The monoisotopic (exact) mass is 211 g/mol. The summed E-state index contributed by atoms with van der Waals surface area (Å²) >= 11 is 0. The molecule has 0 amide bonds. The first-order valence-corrected chi connectivity index (χ1v) is 6.08. The standard InChI is InChI=1S/C7H17NO4S/c1-13(10,11)8-4-2-3-6-12-7-5-9/h8-9H,2-7H2,1H3. The van der Waals surface area contributed by atoms with Crippen LogP contribution in [0.25, 0.3) is 0 Å². The summed E-state index contributed by atoms with van der Waals surface area (Å²) in [5.41, 5.74) is 0. The topological polar surface area (TPSA) is 75.6 Å². The van der Waals surface area contributed by atoms with Crippen molar-refractivity contribution in [3.63, 3.8) is 0 Å². The first-order valence-electron chi connectivity index (χ1n) is 4.19. The lowest BCUT2D eigenvalue weighted by Gasteiger charge is -2.02. The van der Waals surface area contributed by atoms with E-state index in [0.717, 1.165) is 19.1 Å². The molecule has 0 heterocycles. The second-order valence-corrected chi connectivity index (χ2v) is 4.54. The molecule has 0 aliphatic carbocycles. The predicted octanol–water partition coefficient (Wildman–Crippen LogP) is -0.675. The van der Waals surface area contributed by atoms with Gasteiger partial charge in [-0.2, -0.15) is 0 Å². The minimum atomic E-state index is -3.05. The van der Waals surface area contributed by atoms with Crippen LogP contribution in [-0.4, -0.2) is 46.1 Å². The van der Waals surface area contributed by atoms with Crippen LogP contribution in [0.2, 0.25) is 0 Å². The summed E-state index contributed by atoms with van der Waals surface area (Å²) in [5.74, 6) is 0. The van der Waals surface area contributed by atoms with E-state index in [-0.39, 0.29) is 6.61 Å². The average molecular weight is 211 g/mol. The Morgan fingerprint density at radius 2 is 2.00 bits per heavy atom. The number of hydrogen-bond acceptors (Lipinski definition) is 4. The van der Waals surface area contributed by atoms with Gasteiger partial charge >= 0.3 is 0 Å². The predicted molar refractivity (Wildman–Crippen MR) is 50.0 cm³/mol. The van der Waals surface area contributed by atoms with Gasteiger partial charge in [0.1, 0.15) is 0 Å². The van der Waals surface area contributed by atoms with Crippen molar-refractivity contribution in [2.45, 2.75) is 12.8 Å². The highest BCUT2D eigenvalue weighted by Crippen LogP contribution is 1.89. The molecular weight excluding hydrogens is 194 g/mol. The van der Waals surface area contributed by atoms with Gasteiger partial charge in [0.15, 0.2) is 0 Å². The van der Waals surface area contributed by atoms with Crippen LogP contribution in [-0.2, 0) is 14.8 Å². The van der Waals surface area contributed by atoms with Gasteiger partial charge in [0.25, 0.3) is 0 Å². The number of rotatable bonds is 8. The van der Waals surface area contributed by atoms with Crippen molar-refractivity contribution in [2.24, 2.45) is 0 Å². The smallest absolute Gasteiger partial charge is 0.208 e. The first-order chi connectivity index (χ1) is 6.06. The van der Waals surface area contributed by atoms with Crippen molar-refractivity contribution in [1.82, 2.24) is 4.72 Å². The molecule has 0 aliphatic rings. The molecule has 0 fully saturated rings. The molecule has 0 unspecified atom stereocenters. The molecule has 6 heteroatoms. The van der Waals surface area contributed by atoms with Crippen molar-refractivity contribution in [3.8, 4) is 0 Å². The highest BCUT2D eigenvalue weighted by Gasteiger charge is 1.98. The molecule has 0 saturated carbocycles. The highest BCUT2D eigenvalue weighted by molar-refractivity contribution is 7.88. The Morgan fingerprint density at radius 1 is 1.31 bits per heavy atom. The Kier molecular flexibility index (Phi) is 7.16. The Bertz CT molecular complexity index is 203. The van der Waals surface area contributed by atoms with E-state index in [2.05, 4.69) is 4.72 Å². The zero-order valence-electron chi connectivity index (χ0n) is 7.82. The Labute approximate surface area is 79.1 Å². The third kappa shape index (κ3) is 11.8. The molecule has 5 nitrogen and oxygen atoms in total. The minimum Gasteiger partial charge on any atom is -0.394 e. The zero-order chi connectivity index (χ0) is 10.2. The molecule has 80 valence electrons. The lowest BCUT2D eigenvalue weighted by Crippen LogP contribution is -2.23. The van der Waals surface area contributed by atoms with Crippen molar-refractivity contribution in [2.75, 3.05) is 32.6 Å². The summed E-state index contributed by atoms with van der Waals surface area (Å²) in [4.78, 5) is 0. The van der Waals surface area contributed by atoms with Crippen LogP contribution in [0.3, 0.4) is 0 Å². The van der Waals surface area contributed by atoms with Crippen LogP contribution < -0.4 is 4.72 Å². The number of aliphatic hydroxyl groups excluding tert-OH is 1. The van der Waals surface area contributed by atoms with Crippen LogP contribution in [0.4, 0.5) is 0 Å². The third-order valence-corrected chi connectivity index (χ3v) is 2.04. The van der Waals surface area contributed by atoms with Crippen molar-refractivity contribution in [1.29, 1.82) is 0 Å². The van der Waals surface area contributed by atoms with E-state index in [1.54, 1.807) is 0 Å². The number of aliphatic hydroxyl groups is 1. The van der Waals surface area contributed by atoms with E-state index >= 15 is 0 Å². The van der Waals surface area contributed by atoms with Crippen LogP contribution in [0.15, 0.2) is 0 Å². The number of hydrogen-bond donors (Lipinski definition) is 2. The van der Waals surface area contributed by atoms with Gasteiger partial charge in [-0.3, -0.25) is 0 Å². The molecule has 0 atom stereocenters. The molecule has 0 bridgehead atoms. The number of sulfonamides is 1. The third-order valence-electron chi connectivity index (χ3n) is 1.32. The molecule has 0 aromatic carbocycles. The van der Waals surface area contributed by atoms with Crippen molar-refractivity contribution >= 4 is 10.0 Å². The molecule has 0 aromatic rings. The lowest BCUT2D eigenvalue weighted by atomic mass is 10.3. The van der Waals surface area contributed by atoms with Gasteiger partial charge < -0.3 is 9.84 Å². The molecule has 0 spiro atoms. The number of nitrogens with one attached hydrogen (secondary N) is 1. The Balaban J connectivity index is 3.09. The van der Waals surface area contributed by atoms with Gasteiger partial charge in [0, 0.05) is 13.2 Å². The molecule has 13 heavy (non-hydrogen) atoms. The number of ether oxygens (including phenoxy) is 1. The summed E-state index contributed by atoms with van der Waals surface area (Å²) in [6.45, 7) is 1.38. The zero-order valence-corrected chi connectivity index (χ0v) is 8.64. The van der Waals surface area contributed by atoms with Crippen molar-refractivity contribution < 1.29 is 18.3 Å². The van der Waals surface area contributed by atoms with Crippen molar-refractivity contribution in [3.05, 3.63) is 0 Å². The normalized spacial score (nSPS) is 11.8. The quantitative estimate of drug-likeness (QED) is 0.522. The van der Waals surface area contributed by atoms with E-state index in [9.17, 15) is 8.42 Å². The van der Waals surface area contributed by atoms with Gasteiger partial charge in [-0.25, -0.2) is 13.1 Å². The molecule has 0 rings (SSSR count). The van der Waals surface area contributed by atoms with E-state index in [1.807, 2.05) is 0 Å². The van der Waals surface area contributed by atoms with Gasteiger partial charge in [-0.05, 0) is 12.8 Å². The largest absolute Gasteiger partial charge is 0.394 e. The Morgan fingerprint density at radius 3 is 2.54 bits per heavy atom. The molecule has 0 aromatic heterocycles. The fraction of sp³-hybridized carbons (Fsp3) is 1.00. The molecule has 0 saturated heterocycles. The van der Waals surface area contributed by atoms with Gasteiger partial charge in [0.2, 0.25) is 10.0 Å². The van der Waals surface area contributed by atoms with Crippen LogP contribution in [0, 0.1) is 0 Å². The lowest BCUT2D eigenvalue weighted by molar-refractivity contribution is 0.0900. The maximum absolute atomic E-state index is 10.6. The molecule has 2 N–H and O–H groups in total. The summed E-state index contributed by atoms with van der Waals surface area (Å²) < 4.78 is 28.5. The average Bonchev–Trinajstić information content (AvgIpc) is 2.01. The van der Waals surface area contributed by atoms with Crippen LogP contribution in [0.5, 0.6) is 0 Å². The van der Waals surface area contributed by atoms with Crippen LogP contribution in [0.1, 0.15) is 12.8 Å². The summed E-state index contributed by atoms with van der Waals surface area (Å²) in [7, 11) is -3.05. The van der Waals surface area contributed by atoms with Gasteiger partial charge in [-0.1, -0.05) is 0 Å². The fourth-order valence-corrected chi connectivity index (χ4v) is 1.27. The van der Waals surface area contributed by atoms with E-state index in [1.165, 1.54) is 0 Å². The second-order valence-electron chi connectivity index (χ2n) is 2.71. The molecular formula is C7H17NO4S. The summed E-state index contributed by atoms with van der Waals surface area (Å²) in [6.07, 6.45) is 2.68. The van der Waals surface area contributed by atoms with E-state index in [4.69, 9.17) is 9.84 Å². The van der Waals surface area contributed by atoms with Gasteiger partial charge in [-0.15, -0.1) is 0 Å². The van der Waals surface area contributed by atoms with E-state index < -0.39 is 10.0 Å². The summed E-state index contributed by atoms with van der Waals surface area (Å²) in [6, 6.07) is 0.